The Morgan fingerprint density at radius 2 is 1.93 bits per heavy atom. The topological polar surface area (TPSA) is 15.6 Å². The molecular formula is C11H15ClN2. The van der Waals surface area contributed by atoms with E-state index in [-0.39, 0.29) is 0 Å². The zero-order chi connectivity index (χ0) is 10.4. The summed E-state index contributed by atoms with van der Waals surface area (Å²) in [6.07, 6.45) is 1.87. The van der Waals surface area contributed by atoms with Crippen LogP contribution in [0.15, 0.2) is 29.3 Å². The lowest BCUT2D eigenvalue weighted by atomic mass is 10.2. The van der Waals surface area contributed by atoms with Crippen molar-refractivity contribution in [3.05, 3.63) is 34.9 Å². The van der Waals surface area contributed by atoms with Gasteiger partial charge >= 0.3 is 0 Å². The molecule has 0 aliphatic heterocycles. The second kappa shape index (κ2) is 5.78. The lowest BCUT2D eigenvalue weighted by Gasteiger charge is -2.05. The molecule has 0 aliphatic rings. The minimum Gasteiger partial charge on any atom is -0.308 e. The van der Waals surface area contributed by atoms with Crippen molar-refractivity contribution in [1.29, 1.82) is 0 Å². The highest BCUT2D eigenvalue weighted by Gasteiger charge is 1.89. The number of halogens is 1. The molecule has 76 valence electrons. The van der Waals surface area contributed by atoms with Crippen LogP contribution in [-0.4, -0.2) is 38.3 Å². The van der Waals surface area contributed by atoms with E-state index < -0.39 is 0 Å². The molecule has 2 nitrogen and oxygen atoms in total. The molecule has 1 aromatic carbocycles. The fourth-order valence-electron chi connectivity index (χ4n) is 0.977. The molecule has 0 atom stereocenters. The Morgan fingerprint density at radius 3 is 2.50 bits per heavy atom. The monoisotopic (exact) mass is 210 g/mol. The minimum atomic E-state index is 0.760. The zero-order valence-electron chi connectivity index (χ0n) is 8.57. The van der Waals surface area contributed by atoms with Gasteiger partial charge in [0.1, 0.15) is 0 Å². The van der Waals surface area contributed by atoms with Gasteiger partial charge in [-0.05, 0) is 31.8 Å². The van der Waals surface area contributed by atoms with Crippen LogP contribution in [0.2, 0.25) is 5.02 Å². The maximum Gasteiger partial charge on any atom is 0.0516 e. The van der Waals surface area contributed by atoms with Gasteiger partial charge in [-0.3, -0.25) is 4.99 Å². The number of hydrogen-bond donors (Lipinski definition) is 0. The predicted octanol–water partition coefficient (Wildman–Crippen LogP) is 2.32. The first-order chi connectivity index (χ1) is 6.68. The van der Waals surface area contributed by atoms with E-state index in [1.165, 1.54) is 0 Å². The molecule has 0 radical (unpaired) electrons. The molecule has 0 saturated heterocycles. The van der Waals surface area contributed by atoms with Crippen molar-refractivity contribution in [2.24, 2.45) is 4.99 Å². The highest BCUT2D eigenvalue weighted by Crippen LogP contribution is 2.07. The molecule has 0 bridgehead atoms. The molecule has 0 saturated carbocycles. The van der Waals surface area contributed by atoms with Crippen LogP contribution in [0.25, 0.3) is 0 Å². The van der Waals surface area contributed by atoms with E-state index in [0.29, 0.717) is 0 Å². The molecular weight excluding hydrogens is 196 g/mol. The second-order valence-electron chi connectivity index (χ2n) is 3.39. The van der Waals surface area contributed by atoms with Crippen LogP contribution in [0.4, 0.5) is 0 Å². The molecule has 3 heteroatoms. The molecule has 0 spiro atoms. The Hall–Kier alpha value is -0.860. The van der Waals surface area contributed by atoms with Crippen molar-refractivity contribution >= 4 is 17.8 Å². The molecule has 14 heavy (non-hydrogen) atoms. The summed E-state index contributed by atoms with van der Waals surface area (Å²) in [5, 5.41) is 0.760. The first-order valence-electron chi connectivity index (χ1n) is 4.58. The van der Waals surface area contributed by atoms with Crippen molar-refractivity contribution in [2.75, 3.05) is 27.2 Å². The molecule has 0 heterocycles. The first kappa shape index (κ1) is 11.2. The van der Waals surface area contributed by atoms with Crippen molar-refractivity contribution in [3.8, 4) is 0 Å². The van der Waals surface area contributed by atoms with Gasteiger partial charge in [-0.1, -0.05) is 23.7 Å². The summed E-state index contributed by atoms with van der Waals surface area (Å²) < 4.78 is 0. The lowest BCUT2D eigenvalue weighted by molar-refractivity contribution is 0.421. The summed E-state index contributed by atoms with van der Waals surface area (Å²) in [5.74, 6) is 0. The van der Waals surface area contributed by atoms with Crippen molar-refractivity contribution in [3.63, 3.8) is 0 Å². The van der Waals surface area contributed by atoms with Gasteiger partial charge in [-0.15, -0.1) is 0 Å². The number of aliphatic imine (C=N–C) groups is 1. The molecule has 0 fully saturated rings. The summed E-state index contributed by atoms with van der Waals surface area (Å²) in [4.78, 5) is 6.41. The van der Waals surface area contributed by atoms with E-state index in [2.05, 4.69) is 9.89 Å². The maximum absolute atomic E-state index is 5.76. The molecule has 1 rings (SSSR count). The van der Waals surface area contributed by atoms with Gasteiger partial charge in [-0.25, -0.2) is 0 Å². The van der Waals surface area contributed by atoms with Gasteiger partial charge in [0.2, 0.25) is 0 Å². The maximum atomic E-state index is 5.76. The Kier molecular flexibility index (Phi) is 4.63. The van der Waals surface area contributed by atoms with E-state index >= 15 is 0 Å². The van der Waals surface area contributed by atoms with E-state index in [4.69, 9.17) is 11.6 Å². The largest absolute Gasteiger partial charge is 0.308 e. The third kappa shape index (κ3) is 4.40. The smallest absolute Gasteiger partial charge is 0.0516 e. The summed E-state index contributed by atoms with van der Waals surface area (Å²) in [5.41, 5.74) is 1.09. The van der Waals surface area contributed by atoms with Crippen LogP contribution >= 0.6 is 11.6 Å². The Labute approximate surface area is 90.2 Å². The Balaban J connectivity index is 2.40. The molecule has 0 aromatic heterocycles. The quantitative estimate of drug-likeness (QED) is 0.697. The van der Waals surface area contributed by atoms with Crippen LogP contribution in [0.1, 0.15) is 5.56 Å². The van der Waals surface area contributed by atoms with E-state index in [1.54, 1.807) is 0 Å². The number of hydrogen-bond acceptors (Lipinski definition) is 2. The molecule has 0 unspecified atom stereocenters. The standard InChI is InChI=1S/C11H15ClN2/c1-14(2)8-7-13-9-10-3-5-11(12)6-4-10/h3-6,9H,7-8H2,1-2H3. The van der Waals surface area contributed by atoms with Gasteiger partial charge in [-0.2, -0.15) is 0 Å². The molecule has 0 amide bonds. The average molecular weight is 211 g/mol. The van der Waals surface area contributed by atoms with Crippen LogP contribution < -0.4 is 0 Å². The fraction of sp³-hybridized carbons (Fsp3) is 0.364. The van der Waals surface area contributed by atoms with Gasteiger partial charge < -0.3 is 4.90 Å². The normalized spacial score (nSPS) is 11.4. The van der Waals surface area contributed by atoms with E-state index in [1.807, 2.05) is 44.6 Å². The summed E-state index contributed by atoms with van der Waals surface area (Å²) in [6, 6.07) is 7.66. The van der Waals surface area contributed by atoms with E-state index in [9.17, 15) is 0 Å². The summed E-state index contributed by atoms with van der Waals surface area (Å²) in [6.45, 7) is 1.81. The van der Waals surface area contributed by atoms with Crippen LogP contribution in [0.5, 0.6) is 0 Å². The first-order valence-corrected chi connectivity index (χ1v) is 4.96. The second-order valence-corrected chi connectivity index (χ2v) is 3.83. The molecule has 1 aromatic rings. The average Bonchev–Trinajstić information content (AvgIpc) is 2.15. The summed E-state index contributed by atoms with van der Waals surface area (Å²) in [7, 11) is 4.08. The van der Waals surface area contributed by atoms with Crippen LogP contribution in [0, 0.1) is 0 Å². The van der Waals surface area contributed by atoms with Crippen molar-refractivity contribution in [1.82, 2.24) is 4.90 Å². The van der Waals surface area contributed by atoms with Gasteiger partial charge in [0.05, 0.1) is 6.54 Å². The predicted molar refractivity (Wildman–Crippen MR) is 62.5 cm³/mol. The van der Waals surface area contributed by atoms with Crippen LogP contribution in [-0.2, 0) is 0 Å². The number of benzene rings is 1. The van der Waals surface area contributed by atoms with E-state index in [0.717, 1.165) is 23.7 Å². The Morgan fingerprint density at radius 1 is 1.29 bits per heavy atom. The SMILES string of the molecule is CN(C)CCN=Cc1ccc(Cl)cc1. The van der Waals surface area contributed by atoms with Gasteiger partial charge in [0.15, 0.2) is 0 Å². The lowest BCUT2D eigenvalue weighted by Crippen LogP contribution is -2.15. The van der Waals surface area contributed by atoms with Crippen molar-refractivity contribution in [2.45, 2.75) is 0 Å². The third-order valence-electron chi connectivity index (χ3n) is 1.79. The molecule has 0 N–H and O–H groups in total. The van der Waals surface area contributed by atoms with Gasteiger partial charge in [0.25, 0.3) is 0 Å². The zero-order valence-corrected chi connectivity index (χ0v) is 9.33. The number of likely N-dealkylation sites (N-methyl/N-ethyl adjacent to an activating group) is 1. The summed E-state index contributed by atoms with van der Waals surface area (Å²) >= 11 is 5.76. The number of rotatable bonds is 4. The fourth-order valence-corrected chi connectivity index (χ4v) is 1.10. The number of nitrogens with zero attached hydrogens (tertiary/aromatic N) is 2. The highest BCUT2D eigenvalue weighted by atomic mass is 35.5. The Bertz CT molecular complexity index is 291. The highest BCUT2D eigenvalue weighted by molar-refractivity contribution is 6.30. The molecule has 0 aliphatic carbocycles. The van der Waals surface area contributed by atoms with Crippen molar-refractivity contribution < 1.29 is 0 Å². The van der Waals surface area contributed by atoms with Crippen LogP contribution in [0.3, 0.4) is 0 Å². The third-order valence-corrected chi connectivity index (χ3v) is 2.04. The minimum absolute atomic E-state index is 0.760. The van der Waals surface area contributed by atoms with Gasteiger partial charge in [0, 0.05) is 17.8 Å².